The number of aliphatic hydroxyl groups excluding tert-OH is 10. The van der Waals surface area contributed by atoms with Crippen LogP contribution in [-0.4, -0.2) is 138 Å². The van der Waals surface area contributed by atoms with Crippen LogP contribution in [0.3, 0.4) is 0 Å². The van der Waals surface area contributed by atoms with Crippen molar-refractivity contribution in [3.05, 3.63) is 0 Å². The summed E-state index contributed by atoms with van der Waals surface area (Å²) in [6.45, 7) is 0.550. The maximum absolute atomic E-state index is 10.4. The van der Waals surface area contributed by atoms with Gasteiger partial charge in [-0.25, -0.2) is 0 Å². The van der Waals surface area contributed by atoms with Crippen molar-refractivity contribution in [3.63, 3.8) is 0 Å². The highest BCUT2D eigenvalue weighted by molar-refractivity contribution is 4.86. The Hall–Kier alpha value is -0.440. The summed E-state index contributed by atoms with van der Waals surface area (Å²) >= 11 is 0. The maximum Gasteiger partial charge on any atom is 0.111 e. The summed E-state index contributed by atoms with van der Waals surface area (Å²) in [7, 11) is 0. The molecule has 0 spiro atoms. The van der Waals surface area contributed by atoms with E-state index < -0.39 is 62.0 Å². The van der Waals surface area contributed by atoms with Gasteiger partial charge in [0.05, 0.1) is 25.4 Å². The van der Waals surface area contributed by atoms with Gasteiger partial charge in [-0.05, 0) is 13.0 Å². The molecule has 11 heteroatoms. The number of hydrogen-bond acceptors (Lipinski definition) is 11. The molecule has 0 amide bonds. The van der Waals surface area contributed by atoms with Gasteiger partial charge < -0.3 is 51.1 Å². The van der Waals surface area contributed by atoms with Gasteiger partial charge in [0, 0.05) is 13.1 Å². The lowest BCUT2D eigenvalue weighted by molar-refractivity contribution is -0.130. The molecule has 0 aromatic carbocycles. The van der Waals surface area contributed by atoms with Gasteiger partial charge in [0.15, 0.2) is 0 Å². The van der Waals surface area contributed by atoms with Crippen LogP contribution >= 0.6 is 0 Å². The second-order valence-electron chi connectivity index (χ2n) is 11.0. The summed E-state index contributed by atoms with van der Waals surface area (Å²) in [4.78, 5) is 1.55. The lowest BCUT2D eigenvalue weighted by Crippen LogP contribution is -2.53. The van der Waals surface area contributed by atoms with E-state index in [0.29, 0.717) is 13.0 Å². The SMILES string of the molecule is CCCCCCCCCCCCCCCCN(C[C@H](O)[C@@H](O)[C@H](O)[C@H](O)CO)C[C@H](O)[C@@H](O)[C@H](O)[C@H](O)CO. The molecule has 0 unspecified atom stereocenters. The van der Waals surface area contributed by atoms with E-state index in [-0.39, 0.29) is 13.1 Å². The van der Waals surface area contributed by atoms with Gasteiger partial charge in [0.2, 0.25) is 0 Å². The molecular formula is C28H59NO10. The Balaban J connectivity index is 4.56. The first-order valence-electron chi connectivity index (χ1n) is 15.0. The smallest absolute Gasteiger partial charge is 0.111 e. The van der Waals surface area contributed by atoms with Gasteiger partial charge >= 0.3 is 0 Å². The van der Waals surface area contributed by atoms with E-state index in [1.807, 2.05) is 0 Å². The second-order valence-corrected chi connectivity index (χ2v) is 11.0. The summed E-state index contributed by atoms with van der Waals surface area (Å²) in [5.41, 5.74) is 0. The topological polar surface area (TPSA) is 206 Å². The lowest BCUT2D eigenvalue weighted by Gasteiger charge is -2.33. The minimum Gasteiger partial charge on any atom is -0.394 e. The van der Waals surface area contributed by atoms with Crippen LogP contribution in [0.4, 0.5) is 0 Å². The third-order valence-corrected chi connectivity index (χ3v) is 7.37. The summed E-state index contributed by atoms with van der Waals surface area (Å²) < 4.78 is 0. The Morgan fingerprint density at radius 1 is 0.410 bits per heavy atom. The maximum atomic E-state index is 10.4. The van der Waals surface area contributed by atoms with Crippen molar-refractivity contribution in [3.8, 4) is 0 Å². The Kier molecular flexibility index (Phi) is 23.9. The van der Waals surface area contributed by atoms with E-state index in [1.54, 1.807) is 4.90 Å². The van der Waals surface area contributed by atoms with Crippen LogP contribution in [0, 0.1) is 0 Å². The third-order valence-electron chi connectivity index (χ3n) is 7.37. The lowest BCUT2D eigenvalue weighted by atomic mass is 10.0. The monoisotopic (exact) mass is 569 g/mol. The Morgan fingerprint density at radius 2 is 0.692 bits per heavy atom. The Labute approximate surface area is 234 Å². The third kappa shape index (κ3) is 17.9. The first-order valence-corrected chi connectivity index (χ1v) is 15.0. The standard InChI is InChI=1S/C28H59NO10/c1-2-3-4-5-6-7-8-9-10-11-12-13-14-15-16-29(17-21(32)25(36)27(38)23(34)19-30)18-22(33)26(37)28(39)24(35)20-31/h21-28,30-39H,2-20H2,1H3/t21-,22-,23+,24+,25+,26+,27+,28+/m0/s1. The number of nitrogens with zero attached hydrogens (tertiary/aromatic N) is 1. The number of aliphatic hydroxyl groups is 10. The molecule has 0 aromatic heterocycles. The van der Waals surface area contributed by atoms with E-state index in [2.05, 4.69) is 6.92 Å². The van der Waals surface area contributed by atoms with E-state index >= 15 is 0 Å². The average molecular weight is 570 g/mol. The predicted octanol–water partition coefficient (Wildman–Crippen LogP) is -0.358. The van der Waals surface area contributed by atoms with Crippen molar-refractivity contribution in [1.82, 2.24) is 4.90 Å². The van der Waals surface area contributed by atoms with Gasteiger partial charge in [-0.2, -0.15) is 0 Å². The van der Waals surface area contributed by atoms with Gasteiger partial charge in [0.1, 0.15) is 36.6 Å². The quantitative estimate of drug-likeness (QED) is 0.0578. The van der Waals surface area contributed by atoms with E-state index in [4.69, 9.17) is 10.2 Å². The Bertz CT molecular complexity index is 516. The molecule has 0 saturated carbocycles. The van der Waals surface area contributed by atoms with Crippen molar-refractivity contribution in [2.45, 2.75) is 146 Å². The van der Waals surface area contributed by atoms with Crippen molar-refractivity contribution in [1.29, 1.82) is 0 Å². The van der Waals surface area contributed by atoms with Gasteiger partial charge in [0.25, 0.3) is 0 Å². The van der Waals surface area contributed by atoms with Crippen molar-refractivity contribution < 1.29 is 51.1 Å². The van der Waals surface area contributed by atoms with Crippen LogP contribution in [0.25, 0.3) is 0 Å². The van der Waals surface area contributed by atoms with Gasteiger partial charge in [-0.15, -0.1) is 0 Å². The van der Waals surface area contributed by atoms with E-state index in [1.165, 1.54) is 64.2 Å². The zero-order valence-electron chi connectivity index (χ0n) is 24.0. The molecule has 0 radical (unpaired) electrons. The second kappa shape index (κ2) is 24.2. The molecule has 0 heterocycles. The molecule has 236 valence electrons. The fourth-order valence-electron chi connectivity index (χ4n) is 4.66. The highest BCUT2D eigenvalue weighted by Gasteiger charge is 2.34. The molecule has 0 bridgehead atoms. The summed E-state index contributed by atoms with van der Waals surface area (Å²) in [5, 5.41) is 97.9. The van der Waals surface area contributed by atoms with Crippen molar-refractivity contribution in [2.24, 2.45) is 0 Å². The molecule has 8 atom stereocenters. The normalized spacial score (nSPS) is 18.5. The zero-order chi connectivity index (χ0) is 29.6. The number of unbranched alkanes of at least 4 members (excludes halogenated alkanes) is 13. The van der Waals surface area contributed by atoms with E-state index in [0.717, 1.165) is 19.3 Å². The van der Waals surface area contributed by atoms with Crippen LogP contribution in [0.5, 0.6) is 0 Å². The van der Waals surface area contributed by atoms with Crippen LogP contribution in [0.15, 0.2) is 0 Å². The fraction of sp³-hybridized carbons (Fsp3) is 1.00. The van der Waals surface area contributed by atoms with Crippen LogP contribution in [0.1, 0.15) is 96.8 Å². The first-order chi connectivity index (χ1) is 18.6. The Morgan fingerprint density at radius 3 is 1.00 bits per heavy atom. The molecule has 0 aromatic rings. The predicted molar refractivity (Wildman–Crippen MR) is 149 cm³/mol. The summed E-state index contributed by atoms with van der Waals surface area (Å²) in [6.07, 6.45) is 3.12. The minimum absolute atomic E-state index is 0.225. The van der Waals surface area contributed by atoms with Gasteiger partial charge in [-0.3, -0.25) is 4.90 Å². The molecule has 0 saturated heterocycles. The van der Waals surface area contributed by atoms with Crippen LogP contribution in [0.2, 0.25) is 0 Å². The number of rotatable bonds is 27. The fourth-order valence-corrected chi connectivity index (χ4v) is 4.66. The van der Waals surface area contributed by atoms with Gasteiger partial charge in [-0.1, -0.05) is 90.4 Å². The highest BCUT2D eigenvalue weighted by atomic mass is 16.4. The molecule has 10 N–H and O–H groups in total. The zero-order valence-corrected chi connectivity index (χ0v) is 24.0. The molecule has 0 aliphatic rings. The highest BCUT2D eigenvalue weighted by Crippen LogP contribution is 2.15. The molecule has 0 aliphatic heterocycles. The van der Waals surface area contributed by atoms with Crippen molar-refractivity contribution in [2.75, 3.05) is 32.8 Å². The summed E-state index contributed by atoms with van der Waals surface area (Å²) in [6, 6.07) is 0. The molecule has 39 heavy (non-hydrogen) atoms. The summed E-state index contributed by atoms with van der Waals surface area (Å²) in [5.74, 6) is 0. The first kappa shape index (κ1) is 38.6. The van der Waals surface area contributed by atoms with E-state index in [9.17, 15) is 40.9 Å². The average Bonchev–Trinajstić information content (AvgIpc) is 2.94. The molecule has 0 rings (SSSR count). The van der Waals surface area contributed by atoms with Crippen LogP contribution in [-0.2, 0) is 0 Å². The molecule has 0 aliphatic carbocycles. The molecule has 11 nitrogen and oxygen atoms in total. The molecule has 0 fully saturated rings. The van der Waals surface area contributed by atoms with Crippen molar-refractivity contribution >= 4 is 0 Å². The largest absolute Gasteiger partial charge is 0.394 e. The molecular weight excluding hydrogens is 510 g/mol. The number of hydrogen-bond donors (Lipinski definition) is 10. The van der Waals surface area contributed by atoms with Crippen LogP contribution < -0.4 is 0 Å². The minimum atomic E-state index is -1.79.